The van der Waals surface area contributed by atoms with Crippen LogP contribution in [0.5, 0.6) is 0 Å². The third-order valence-corrected chi connectivity index (χ3v) is 4.69. The number of hydrogen-bond donors (Lipinski definition) is 1. The van der Waals surface area contributed by atoms with Gasteiger partial charge in [0.25, 0.3) is 0 Å². The second-order valence-electron chi connectivity index (χ2n) is 5.68. The van der Waals surface area contributed by atoms with Gasteiger partial charge in [0, 0.05) is 12.2 Å². The summed E-state index contributed by atoms with van der Waals surface area (Å²) >= 11 is 0. The number of hydrogen-bond acceptors (Lipinski definition) is 3. The molecule has 0 fully saturated rings. The highest BCUT2D eigenvalue weighted by Gasteiger charge is 2.20. The zero-order valence-corrected chi connectivity index (χ0v) is 12.4. The van der Waals surface area contributed by atoms with E-state index in [9.17, 15) is 0 Å². The minimum atomic E-state index is -1.40. The van der Waals surface area contributed by atoms with Gasteiger partial charge >= 0.3 is 0 Å². The Balaban J connectivity index is 2.37. The Kier molecular flexibility index (Phi) is 3.36. The largest absolute Gasteiger partial charge is 0.324 e. The summed E-state index contributed by atoms with van der Waals surface area (Å²) in [5.41, 5.74) is 8.02. The minimum absolute atomic E-state index is 0.0323. The fourth-order valence-corrected chi connectivity index (χ4v) is 2.54. The standard InChI is InChI=1S/C13H20N4Si/c1-10(14)11-6-5-7-12(8-11)17-9-13(15-16-17)18(2,3)4/h5-10H,14H2,1-4H3. The lowest BCUT2D eigenvalue weighted by Crippen LogP contribution is -2.38. The van der Waals surface area contributed by atoms with Crippen LogP contribution in [0.4, 0.5) is 0 Å². The van der Waals surface area contributed by atoms with Gasteiger partial charge in [0.05, 0.1) is 11.0 Å². The van der Waals surface area contributed by atoms with E-state index in [0.29, 0.717) is 0 Å². The molecule has 1 atom stereocenters. The van der Waals surface area contributed by atoms with E-state index in [1.807, 2.05) is 36.0 Å². The first-order valence-corrected chi connectivity index (χ1v) is 9.66. The molecule has 1 heterocycles. The van der Waals surface area contributed by atoms with Crippen LogP contribution >= 0.6 is 0 Å². The molecule has 4 nitrogen and oxygen atoms in total. The maximum atomic E-state index is 5.90. The molecule has 0 saturated heterocycles. The van der Waals surface area contributed by atoms with Gasteiger partial charge in [-0.2, -0.15) is 0 Å². The van der Waals surface area contributed by atoms with E-state index >= 15 is 0 Å². The third-order valence-electron chi connectivity index (χ3n) is 2.92. The molecular weight excluding hydrogens is 240 g/mol. The van der Waals surface area contributed by atoms with Crippen molar-refractivity contribution in [1.29, 1.82) is 0 Å². The molecule has 2 N–H and O–H groups in total. The van der Waals surface area contributed by atoms with Crippen LogP contribution < -0.4 is 11.1 Å². The lowest BCUT2D eigenvalue weighted by atomic mass is 10.1. The smallest absolute Gasteiger partial charge is 0.106 e. The Labute approximate surface area is 109 Å². The van der Waals surface area contributed by atoms with E-state index in [1.165, 1.54) is 0 Å². The Morgan fingerprint density at radius 1 is 1.28 bits per heavy atom. The Hall–Kier alpha value is -1.46. The Morgan fingerprint density at radius 3 is 2.56 bits per heavy atom. The minimum Gasteiger partial charge on any atom is -0.324 e. The molecule has 0 spiro atoms. The number of aromatic nitrogens is 3. The van der Waals surface area contributed by atoms with Crippen LogP contribution in [0, 0.1) is 0 Å². The van der Waals surface area contributed by atoms with Crippen molar-refractivity contribution in [2.45, 2.75) is 32.6 Å². The van der Waals surface area contributed by atoms with Crippen molar-refractivity contribution in [3.8, 4) is 5.69 Å². The molecule has 0 saturated carbocycles. The SMILES string of the molecule is CC(N)c1cccc(-n2cc([Si](C)(C)C)nn2)c1. The van der Waals surface area contributed by atoms with Gasteiger partial charge in [-0.05, 0) is 24.6 Å². The maximum Gasteiger partial charge on any atom is 0.106 e. The van der Waals surface area contributed by atoms with Crippen molar-refractivity contribution in [2.24, 2.45) is 5.73 Å². The molecule has 18 heavy (non-hydrogen) atoms. The number of benzene rings is 1. The summed E-state index contributed by atoms with van der Waals surface area (Å²) in [5, 5.41) is 9.61. The summed E-state index contributed by atoms with van der Waals surface area (Å²) in [7, 11) is -1.40. The zero-order chi connectivity index (χ0) is 13.3. The summed E-state index contributed by atoms with van der Waals surface area (Å²) in [6, 6.07) is 8.15. The fourth-order valence-electron chi connectivity index (χ4n) is 1.68. The monoisotopic (exact) mass is 260 g/mol. The lowest BCUT2D eigenvalue weighted by Gasteiger charge is -2.10. The van der Waals surface area contributed by atoms with Gasteiger partial charge in [0.1, 0.15) is 8.07 Å². The molecule has 0 bridgehead atoms. The first-order chi connectivity index (χ1) is 8.38. The van der Waals surface area contributed by atoms with Crippen molar-refractivity contribution in [3.05, 3.63) is 36.0 Å². The van der Waals surface area contributed by atoms with E-state index in [2.05, 4.69) is 36.0 Å². The zero-order valence-electron chi connectivity index (χ0n) is 11.4. The molecule has 0 aliphatic heterocycles. The second kappa shape index (κ2) is 4.66. The predicted octanol–water partition coefficient (Wildman–Crippen LogP) is 1.83. The molecule has 5 heteroatoms. The van der Waals surface area contributed by atoms with Crippen LogP contribution in [0.15, 0.2) is 30.5 Å². The molecular formula is C13H20N4Si. The van der Waals surface area contributed by atoms with Crippen molar-refractivity contribution in [2.75, 3.05) is 0 Å². The second-order valence-corrected chi connectivity index (χ2v) is 10.7. The molecule has 2 aromatic rings. The summed E-state index contributed by atoms with van der Waals surface area (Å²) < 4.78 is 1.83. The first-order valence-electron chi connectivity index (χ1n) is 6.16. The molecule has 0 aliphatic rings. The van der Waals surface area contributed by atoms with Gasteiger partial charge in [-0.25, -0.2) is 4.68 Å². The molecule has 96 valence electrons. The van der Waals surface area contributed by atoms with Crippen LogP contribution in [-0.2, 0) is 0 Å². The molecule has 0 radical (unpaired) electrons. The molecule has 1 aromatic carbocycles. The van der Waals surface area contributed by atoms with Crippen LogP contribution in [0.1, 0.15) is 18.5 Å². The van der Waals surface area contributed by atoms with E-state index < -0.39 is 8.07 Å². The van der Waals surface area contributed by atoms with E-state index in [-0.39, 0.29) is 6.04 Å². The van der Waals surface area contributed by atoms with E-state index in [1.54, 1.807) is 0 Å². The summed E-state index contributed by atoms with van der Waals surface area (Å²) in [6.07, 6.45) is 2.03. The van der Waals surface area contributed by atoms with Crippen molar-refractivity contribution in [1.82, 2.24) is 15.0 Å². The van der Waals surface area contributed by atoms with E-state index in [0.717, 1.165) is 16.6 Å². The van der Waals surface area contributed by atoms with Crippen LogP contribution in [0.3, 0.4) is 0 Å². The van der Waals surface area contributed by atoms with Crippen molar-refractivity contribution in [3.63, 3.8) is 0 Å². The summed E-state index contributed by atoms with van der Waals surface area (Å²) in [4.78, 5) is 0. The van der Waals surface area contributed by atoms with E-state index in [4.69, 9.17) is 5.73 Å². The summed E-state index contributed by atoms with van der Waals surface area (Å²) in [6.45, 7) is 8.77. The topological polar surface area (TPSA) is 56.7 Å². The quantitative estimate of drug-likeness (QED) is 0.857. The average Bonchev–Trinajstić information content (AvgIpc) is 2.78. The third kappa shape index (κ3) is 2.68. The molecule has 2 rings (SSSR count). The first kappa shape index (κ1) is 13.0. The van der Waals surface area contributed by atoms with Gasteiger partial charge < -0.3 is 5.73 Å². The highest BCUT2D eigenvalue weighted by Crippen LogP contribution is 2.14. The Bertz CT molecular complexity index is 540. The van der Waals surface area contributed by atoms with Crippen LogP contribution in [0.2, 0.25) is 19.6 Å². The maximum absolute atomic E-state index is 5.90. The van der Waals surface area contributed by atoms with Gasteiger partial charge in [-0.3, -0.25) is 0 Å². The predicted molar refractivity (Wildman–Crippen MR) is 76.9 cm³/mol. The number of nitrogens with two attached hydrogens (primary N) is 1. The molecule has 1 aromatic heterocycles. The summed E-state index contributed by atoms with van der Waals surface area (Å²) in [5.74, 6) is 0. The number of rotatable bonds is 3. The lowest BCUT2D eigenvalue weighted by molar-refractivity contribution is 0.787. The van der Waals surface area contributed by atoms with Crippen LogP contribution in [0.25, 0.3) is 5.69 Å². The van der Waals surface area contributed by atoms with Gasteiger partial charge in [0.2, 0.25) is 0 Å². The average molecular weight is 260 g/mol. The van der Waals surface area contributed by atoms with Crippen molar-refractivity contribution < 1.29 is 0 Å². The highest BCUT2D eigenvalue weighted by atomic mass is 28.3. The Morgan fingerprint density at radius 2 is 2.00 bits per heavy atom. The van der Waals surface area contributed by atoms with Gasteiger partial charge in [-0.15, -0.1) is 5.10 Å². The van der Waals surface area contributed by atoms with Crippen molar-refractivity contribution >= 4 is 13.4 Å². The molecule has 1 unspecified atom stereocenters. The number of nitrogens with zero attached hydrogens (tertiary/aromatic N) is 3. The molecule has 0 aliphatic carbocycles. The normalized spacial score (nSPS) is 13.6. The highest BCUT2D eigenvalue weighted by molar-refractivity contribution is 6.88. The molecule has 0 amide bonds. The fraction of sp³-hybridized carbons (Fsp3) is 0.385. The van der Waals surface area contributed by atoms with Crippen LogP contribution in [-0.4, -0.2) is 23.1 Å². The van der Waals surface area contributed by atoms with Gasteiger partial charge in [0.15, 0.2) is 0 Å². The van der Waals surface area contributed by atoms with Gasteiger partial charge in [-0.1, -0.05) is 37.0 Å².